The average Bonchev–Trinajstić information content (AvgIpc) is 2.72. The fourth-order valence-electron chi connectivity index (χ4n) is 1.79. The third kappa shape index (κ3) is 4.75. The maximum atomic E-state index is 5.56. The van der Waals surface area contributed by atoms with Crippen LogP contribution in [-0.2, 0) is 13.1 Å². The zero-order chi connectivity index (χ0) is 12.7. The van der Waals surface area contributed by atoms with Crippen molar-refractivity contribution in [2.75, 3.05) is 19.6 Å². The second-order valence-electron chi connectivity index (χ2n) is 4.41. The summed E-state index contributed by atoms with van der Waals surface area (Å²) in [5.41, 5.74) is 2.44. The molecule has 0 spiro atoms. The van der Waals surface area contributed by atoms with Gasteiger partial charge < -0.3 is 9.73 Å². The largest absolute Gasteiger partial charge is 0.468 e. The maximum absolute atomic E-state index is 5.56. The lowest BCUT2D eigenvalue weighted by Gasteiger charge is -2.19. The Kier molecular flexibility index (Phi) is 6.01. The molecule has 0 atom stereocenters. The van der Waals surface area contributed by atoms with Crippen LogP contribution in [0.25, 0.3) is 0 Å². The highest BCUT2D eigenvalue weighted by atomic mass is 16.3. The molecule has 0 saturated heterocycles. The van der Waals surface area contributed by atoms with Gasteiger partial charge in [-0.25, -0.2) is 0 Å². The highest BCUT2D eigenvalue weighted by Gasteiger charge is 2.10. The molecule has 1 aromatic rings. The molecule has 3 heteroatoms. The van der Waals surface area contributed by atoms with Gasteiger partial charge in [0.1, 0.15) is 5.76 Å². The summed E-state index contributed by atoms with van der Waals surface area (Å²) < 4.78 is 5.56. The molecule has 3 nitrogen and oxygen atoms in total. The first-order chi connectivity index (χ1) is 8.17. The van der Waals surface area contributed by atoms with Crippen molar-refractivity contribution in [2.45, 2.75) is 33.9 Å². The second-order valence-corrected chi connectivity index (χ2v) is 4.41. The van der Waals surface area contributed by atoms with Crippen molar-refractivity contribution in [1.29, 1.82) is 0 Å². The molecule has 0 amide bonds. The average molecular weight is 236 g/mol. The summed E-state index contributed by atoms with van der Waals surface area (Å²) in [5.74, 6) is 1.06. The SMILES string of the molecule is C=C(C)CN(CC)Cc1occc1CNCC. The highest BCUT2D eigenvalue weighted by Crippen LogP contribution is 2.13. The van der Waals surface area contributed by atoms with Gasteiger partial charge in [0.25, 0.3) is 0 Å². The molecule has 0 aliphatic rings. The molecule has 1 aromatic heterocycles. The third-order valence-corrected chi connectivity index (χ3v) is 2.71. The first-order valence-electron chi connectivity index (χ1n) is 6.30. The zero-order valence-electron chi connectivity index (χ0n) is 11.3. The van der Waals surface area contributed by atoms with Gasteiger partial charge in [0.15, 0.2) is 0 Å². The Morgan fingerprint density at radius 1 is 1.47 bits per heavy atom. The van der Waals surface area contributed by atoms with Crippen molar-refractivity contribution in [3.63, 3.8) is 0 Å². The first-order valence-corrected chi connectivity index (χ1v) is 6.30. The summed E-state index contributed by atoms with van der Waals surface area (Å²) >= 11 is 0. The van der Waals surface area contributed by atoms with Crippen LogP contribution >= 0.6 is 0 Å². The van der Waals surface area contributed by atoms with Crippen molar-refractivity contribution in [2.24, 2.45) is 0 Å². The minimum atomic E-state index is 0.858. The Labute approximate surface area is 104 Å². The second kappa shape index (κ2) is 7.30. The van der Waals surface area contributed by atoms with E-state index in [1.54, 1.807) is 6.26 Å². The number of rotatable bonds is 8. The molecule has 0 aromatic carbocycles. The lowest BCUT2D eigenvalue weighted by atomic mass is 10.2. The van der Waals surface area contributed by atoms with Crippen LogP contribution in [0.4, 0.5) is 0 Å². The van der Waals surface area contributed by atoms with E-state index in [0.717, 1.165) is 38.5 Å². The highest BCUT2D eigenvalue weighted by molar-refractivity contribution is 5.17. The van der Waals surface area contributed by atoms with Crippen molar-refractivity contribution in [1.82, 2.24) is 10.2 Å². The van der Waals surface area contributed by atoms with Crippen molar-refractivity contribution >= 4 is 0 Å². The minimum absolute atomic E-state index is 0.858. The van der Waals surface area contributed by atoms with Gasteiger partial charge in [-0.2, -0.15) is 0 Å². The van der Waals surface area contributed by atoms with Crippen LogP contribution in [0.2, 0.25) is 0 Å². The van der Waals surface area contributed by atoms with E-state index in [4.69, 9.17) is 4.42 Å². The van der Waals surface area contributed by atoms with Gasteiger partial charge in [0.05, 0.1) is 12.8 Å². The Morgan fingerprint density at radius 2 is 2.24 bits per heavy atom. The Morgan fingerprint density at radius 3 is 2.82 bits per heavy atom. The van der Waals surface area contributed by atoms with Gasteiger partial charge in [-0.1, -0.05) is 26.0 Å². The summed E-state index contributed by atoms with van der Waals surface area (Å²) in [6.45, 7) is 14.9. The predicted octanol–water partition coefficient (Wildman–Crippen LogP) is 2.79. The van der Waals surface area contributed by atoms with Crippen LogP contribution in [0.3, 0.4) is 0 Å². The quantitative estimate of drug-likeness (QED) is 0.704. The molecule has 1 N–H and O–H groups in total. The molecule has 1 rings (SSSR count). The van der Waals surface area contributed by atoms with Gasteiger partial charge in [0.2, 0.25) is 0 Å². The number of nitrogens with one attached hydrogen (secondary N) is 1. The Balaban J connectivity index is 2.59. The monoisotopic (exact) mass is 236 g/mol. The smallest absolute Gasteiger partial charge is 0.122 e. The molecule has 0 saturated carbocycles. The molecule has 17 heavy (non-hydrogen) atoms. The fourth-order valence-corrected chi connectivity index (χ4v) is 1.79. The molecule has 0 bridgehead atoms. The van der Waals surface area contributed by atoms with Crippen LogP contribution < -0.4 is 5.32 Å². The molecule has 0 aliphatic carbocycles. The van der Waals surface area contributed by atoms with Crippen LogP contribution in [0, 0.1) is 0 Å². The van der Waals surface area contributed by atoms with Crippen LogP contribution in [0.1, 0.15) is 32.1 Å². The number of nitrogens with zero attached hydrogens (tertiary/aromatic N) is 1. The van der Waals surface area contributed by atoms with Crippen LogP contribution in [-0.4, -0.2) is 24.5 Å². The summed E-state index contributed by atoms with van der Waals surface area (Å²) in [6.07, 6.45) is 1.77. The molecule has 0 unspecified atom stereocenters. The lowest BCUT2D eigenvalue weighted by Crippen LogP contribution is -2.25. The maximum Gasteiger partial charge on any atom is 0.122 e. The number of likely N-dealkylation sites (N-methyl/N-ethyl adjacent to an activating group) is 1. The summed E-state index contributed by atoms with van der Waals surface area (Å²) in [6, 6.07) is 2.05. The van der Waals surface area contributed by atoms with E-state index in [0.29, 0.717) is 0 Å². The molecule has 96 valence electrons. The normalized spacial score (nSPS) is 11.1. The van der Waals surface area contributed by atoms with Gasteiger partial charge in [-0.3, -0.25) is 4.90 Å². The Bertz CT molecular complexity index is 344. The van der Waals surface area contributed by atoms with Crippen LogP contribution in [0.5, 0.6) is 0 Å². The van der Waals surface area contributed by atoms with Gasteiger partial charge in [-0.05, 0) is 26.1 Å². The van der Waals surface area contributed by atoms with Crippen molar-refractivity contribution in [3.8, 4) is 0 Å². The fraction of sp³-hybridized carbons (Fsp3) is 0.571. The molecule has 0 fully saturated rings. The van der Waals surface area contributed by atoms with E-state index < -0.39 is 0 Å². The molecule has 0 aliphatic heterocycles. The van der Waals surface area contributed by atoms with Gasteiger partial charge in [-0.15, -0.1) is 0 Å². The van der Waals surface area contributed by atoms with E-state index in [1.807, 2.05) is 6.07 Å². The van der Waals surface area contributed by atoms with Gasteiger partial charge >= 0.3 is 0 Å². The number of hydrogen-bond acceptors (Lipinski definition) is 3. The van der Waals surface area contributed by atoms with E-state index in [9.17, 15) is 0 Å². The molecular formula is C14H24N2O. The number of hydrogen-bond donors (Lipinski definition) is 1. The summed E-state index contributed by atoms with van der Waals surface area (Å²) in [4.78, 5) is 2.33. The minimum Gasteiger partial charge on any atom is -0.468 e. The standard InChI is InChI=1S/C14H24N2O/c1-5-15-9-13-7-8-17-14(13)11-16(6-2)10-12(3)4/h7-8,15H,3,5-6,9-11H2,1-2,4H3. The van der Waals surface area contributed by atoms with Crippen molar-refractivity contribution < 1.29 is 4.42 Å². The topological polar surface area (TPSA) is 28.4 Å². The van der Waals surface area contributed by atoms with E-state index in [1.165, 1.54) is 11.1 Å². The predicted molar refractivity (Wildman–Crippen MR) is 71.9 cm³/mol. The third-order valence-electron chi connectivity index (χ3n) is 2.71. The Hall–Kier alpha value is -1.06. The van der Waals surface area contributed by atoms with Crippen LogP contribution in [0.15, 0.2) is 28.9 Å². The van der Waals surface area contributed by atoms with E-state index in [2.05, 4.69) is 37.6 Å². The van der Waals surface area contributed by atoms with Gasteiger partial charge in [0, 0.05) is 18.7 Å². The molecule has 0 radical (unpaired) electrons. The molecular weight excluding hydrogens is 212 g/mol. The number of furan rings is 1. The zero-order valence-corrected chi connectivity index (χ0v) is 11.3. The van der Waals surface area contributed by atoms with E-state index in [-0.39, 0.29) is 0 Å². The summed E-state index contributed by atoms with van der Waals surface area (Å²) in [5, 5.41) is 3.33. The van der Waals surface area contributed by atoms with Crippen molar-refractivity contribution in [3.05, 3.63) is 35.8 Å². The summed E-state index contributed by atoms with van der Waals surface area (Å²) in [7, 11) is 0. The van der Waals surface area contributed by atoms with E-state index >= 15 is 0 Å². The molecule has 1 heterocycles. The first kappa shape index (κ1) is 14.0. The lowest BCUT2D eigenvalue weighted by molar-refractivity contribution is 0.274.